The first kappa shape index (κ1) is 11.9. The molecular weight excluding hydrogens is 150 g/mol. The number of ether oxygens (including phenoxy) is 1. The van der Waals surface area contributed by atoms with Crippen molar-refractivity contribution in [2.75, 3.05) is 13.2 Å². The number of rotatable bonds is 7. The Morgan fingerprint density at radius 2 is 1.75 bits per heavy atom. The van der Waals surface area contributed by atoms with Gasteiger partial charge in [-0.15, -0.1) is 0 Å². The molecule has 0 radical (unpaired) electrons. The van der Waals surface area contributed by atoms with Crippen LogP contribution >= 0.6 is 0 Å². The molecule has 1 atom stereocenters. The first-order chi connectivity index (χ1) is 5.68. The summed E-state index contributed by atoms with van der Waals surface area (Å²) in [5, 5.41) is 0. The van der Waals surface area contributed by atoms with Gasteiger partial charge in [-0.25, -0.2) is 0 Å². The van der Waals surface area contributed by atoms with Gasteiger partial charge in [0.1, 0.15) is 0 Å². The predicted octanol–water partition coefficient (Wildman–Crippen LogP) is 2.18. The lowest BCUT2D eigenvalue weighted by molar-refractivity contribution is 0.0333. The fraction of sp³-hybridized carbons (Fsp3) is 1.00. The number of nitrogens with two attached hydrogens (primary N) is 1. The van der Waals surface area contributed by atoms with Crippen molar-refractivity contribution in [2.45, 2.75) is 46.1 Å². The second-order valence-electron chi connectivity index (χ2n) is 3.67. The Balaban J connectivity index is 3.08. The molecule has 0 saturated heterocycles. The third kappa shape index (κ3) is 6.62. The molecule has 0 aliphatic heterocycles. The van der Waals surface area contributed by atoms with Crippen LogP contribution in [0.3, 0.4) is 0 Å². The monoisotopic (exact) mass is 173 g/mol. The van der Waals surface area contributed by atoms with Gasteiger partial charge in [-0.1, -0.05) is 13.8 Å². The zero-order valence-electron chi connectivity index (χ0n) is 8.68. The van der Waals surface area contributed by atoms with Crippen molar-refractivity contribution in [3.63, 3.8) is 0 Å². The van der Waals surface area contributed by atoms with Crippen LogP contribution in [0.15, 0.2) is 0 Å². The minimum atomic E-state index is 0.392. The fourth-order valence-electron chi connectivity index (χ4n) is 0.885. The van der Waals surface area contributed by atoms with Gasteiger partial charge in [0.05, 0.1) is 6.10 Å². The summed E-state index contributed by atoms with van der Waals surface area (Å²) in [5.74, 6) is 0.625. The predicted molar refractivity (Wildman–Crippen MR) is 53.2 cm³/mol. The van der Waals surface area contributed by atoms with Crippen LogP contribution in [0, 0.1) is 5.92 Å². The molecule has 0 aliphatic rings. The van der Waals surface area contributed by atoms with Crippen molar-refractivity contribution in [1.82, 2.24) is 0 Å². The molecular formula is C10H23NO. The van der Waals surface area contributed by atoms with E-state index in [1.807, 2.05) is 0 Å². The van der Waals surface area contributed by atoms with Gasteiger partial charge in [0.25, 0.3) is 0 Å². The van der Waals surface area contributed by atoms with Gasteiger partial charge < -0.3 is 10.5 Å². The van der Waals surface area contributed by atoms with Gasteiger partial charge in [-0.2, -0.15) is 0 Å². The van der Waals surface area contributed by atoms with E-state index in [2.05, 4.69) is 20.8 Å². The molecule has 0 aliphatic carbocycles. The summed E-state index contributed by atoms with van der Waals surface area (Å²) < 4.78 is 5.61. The molecule has 0 spiro atoms. The topological polar surface area (TPSA) is 35.2 Å². The molecule has 1 unspecified atom stereocenters. The van der Waals surface area contributed by atoms with E-state index in [0.29, 0.717) is 12.0 Å². The van der Waals surface area contributed by atoms with Crippen molar-refractivity contribution in [1.29, 1.82) is 0 Å². The van der Waals surface area contributed by atoms with Crippen molar-refractivity contribution >= 4 is 0 Å². The van der Waals surface area contributed by atoms with E-state index in [4.69, 9.17) is 10.5 Å². The molecule has 0 aromatic carbocycles. The third-order valence-corrected chi connectivity index (χ3v) is 2.17. The van der Waals surface area contributed by atoms with Crippen LogP contribution in [0.5, 0.6) is 0 Å². The molecule has 74 valence electrons. The number of hydrogen-bond acceptors (Lipinski definition) is 2. The van der Waals surface area contributed by atoms with Gasteiger partial charge in [0, 0.05) is 6.61 Å². The summed E-state index contributed by atoms with van der Waals surface area (Å²) in [5.41, 5.74) is 5.38. The van der Waals surface area contributed by atoms with Crippen LogP contribution in [0.2, 0.25) is 0 Å². The minimum absolute atomic E-state index is 0.392. The average Bonchev–Trinajstić information content (AvgIpc) is 2.03. The largest absolute Gasteiger partial charge is 0.378 e. The highest BCUT2D eigenvalue weighted by atomic mass is 16.5. The lowest BCUT2D eigenvalue weighted by Gasteiger charge is -2.16. The van der Waals surface area contributed by atoms with Crippen LogP contribution in [0.1, 0.15) is 40.0 Å². The summed E-state index contributed by atoms with van der Waals surface area (Å²) in [7, 11) is 0. The van der Waals surface area contributed by atoms with Gasteiger partial charge in [-0.3, -0.25) is 0 Å². The molecule has 2 N–H and O–H groups in total. The van der Waals surface area contributed by atoms with E-state index in [1.165, 1.54) is 6.42 Å². The molecule has 0 saturated carbocycles. The zero-order chi connectivity index (χ0) is 9.40. The summed E-state index contributed by atoms with van der Waals surface area (Å²) >= 11 is 0. The second kappa shape index (κ2) is 7.56. The highest BCUT2D eigenvalue weighted by molar-refractivity contribution is 4.54. The minimum Gasteiger partial charge on any atom is -0.378 e. The molecule has 0 bridgehead atoms. The summed E-state index contributed by atoms with van der Waals surface area (Å²) in [6.07, 6.45) is 3.86. The molecule has 0 aromatic heterocycles. The fourth-order valence-corrected chi connectivity index (χ4v) is 0.885. The molecule has 0 fully saturated rings. The standard InChI is InChI=1S/C10H23NO/c1-9(2)10(3)12-8-6-4-5-7-11/h9-10H,4-8,11H2,1-3H3. The first-order valence-electron chi connectivity index (χ1n) is 5.00. The molecule has 0 rings (SSSR count). The van der Waals surface area contributed by atoms with Gasteiger partial charge in [-0.05, 0) is 38.6 Å². The molecule has 2 nitrogen and oxygen atoms in total. The quantitative estimate of drug-likeness (QED) is 0.599. The Hall–Kier alpha value is -0.0800. The highest BCUT2D eigenvalue weighted by Gasteiger charge is 2.05. The van der Waals surface area contributed by atoms with E-state index in [9.17, 15) is 0 Å². The highest BCUT2D eigenvalue weighted by Crippen LogP contribution is 2.06. The Morgan fingerprint density at radius 1 is 1.08 bits per heavy atom. The Bertz CT molecular complexity index is 93.8. The molecule has 12 heavy (non-hydrogen) atoms. The second-order valence-corrected chi connectivity index (χ2v) is 3.67. The SMILES string of the molecule is CC(C)C(C)OCCCCCN. The van der Waals surface area contributed by atoms with Gasteiger partial charge in [0.2, 0.25) is 0 Å². The van der Waals surface area contributed by atoms with E-state index in [1.54, 1.807) is 0 Å². The average molecular weight is 173 g/mol. The maximum atomic E-state index is 5.61. The first-order valence-corrected chi connectivity index (χ1v) is 5.00. The normalized spacial score (nSPS) is 13.8. The van der Waals surface area contributed by atoms with Gasteiger partial charge in [0.15, 0.2) is 0 Å². The maximum absolute atomic E-state index is 5.61. The number of unbranched alkanes of at least 4 members (excludes halogenated alkanes) is 2. The lowest BCUT2D eigenvalue weighted by Crippen LogP contribution is -2.16. The lowest BCUT2D eigenvalue weighted by atomic mass is 10.1. The Morgan fingerprint density at radius 3 is 2.25 bits per heavy atom. The van der Waals surface area contributed by atoms with Crippen LogP contribution < -0.4 is 5.73 Å². The molecule has 2 heteroatoms. The smallest absolute Gasteiger partial charge is 0.0569 e. The van der Waals surface area contributed by atoms with E-state index >= 15 is 0 Å². The maximum Gasteiger partial charge on any atom is 0.0569 e. The van der Waals surface area contributed by atoms with Gasteiger partial charge >= 0.3 is 0 Å². The van der Waals surface area contributed by atoms with E-state index in [-0.39, 0.29) is 0 Å². The molecule has 0 heterocycles. The van der Waals surface area contributed by atoms with Crippen molar-refractivity contribution in [2.24, 2.45) is 11.7 Å². The third-order valence-electron chi connectivity index (χ3n) is 2.17. The van der Waals surface area contributed by atoms with Crippen LogP contribution in [-0.2, 0) is 4.74 Å². The molecule has 0 aromatic rings. The van der Waals surface area contributed by atoms with Crippen LogP contribution in [0.4, 0.5) is 0 Å². The van der Waals surface area contributed by atoms with Crippen LogP contribution in [-0.4, -0.2) is 19.3 Å². The summed E-state index contributed by atoms with van der Waals surface area (Å²) in [4.78, 5) is 0. The molecule has 0 amide bonds. The van der Waals surface area contributed by atoms with Crippen LogP contribution in [0.25, 0.3) is 0 Å². The summed E-state index contributed by atoms with van der Waals surface area (Å²) in [6.45, 7) is 8.20. The van der Waals surface area contributed by atoms with E-state index < -0.39 is 0 Å². The van der Waals surface area contributed by atoms with Crippen molar-refractivity contribution in [3.8, 4) is 0 Å². The van der Waals surface area contributed by atoms with E-state index in [0.717, 1.165) is 26.0 Å². The Labute approximate surface area is 76.5 Å². The summed E-state index contributed by atoms with van der Waals surface area (Å²) in [6, 6.07) is 0. The Kier molecular flexibility index (Phi) is 7.51. The van der Waals surface area contributed by atoms with Crippen molar-refractivity contribution in [3.05, 3.63) is 0 Å². The van der Waals surface area contributed by atoms with Crippen molar-refractivity contribution < 1.29 is 4.74 Å². The zero-order valence-corrected chi connectivity index (χ0v) is 8.68. The number of hydrogen-bond donors (Lipinski definition) is 1.